The van der Waals surface area contributed by atoms with Gasteiger partial charge < -0.3 is 4.74 Å². The molecule has 1 N–H and O–H groups in total. The van der Waals surface area contributed by atoms with E-state index in [1.807, 2.05) is 0 Å². The number of carbonyl (C=O) groups is 1. The highest BCUT2D eigenvalue weighted by atomic mass is 32.2. The highest BCUT2D eigenvalue weighted by Gasteiger charge is 2.33. The summed E-state index contributed by atoms with van der Waals surface area (Å²) in [5.74, 6) is -0.819. The summed E-state index contributed by atoms with van der Waals surface area (Å²) in [6.07, 6.45) is 1.13. The van der Waals surface area contributed by atoms with E-state index in [-0.39, 0.29) is 22.7 Å². The number of hydrazone groups is 1. The van der Waals surface area contributed by atoms with Gasteiger partial charge in [0.25, 0.3) is 21.6 Å². The van der Waals surface area contributed by atoms with Gasteiger partial charge in [0.1, 0.15) is 6.54 Å². The van der Waals surface area contributed by atoms with E-state index in [4.69, 9.17) is 4.74 Å². The lowest BCUT2D eigenvalue weighted by molar-refractivity contribution is -0.387. The van der Waals surface area contributed by atoms with Gasteiger partial charge >= 0.3 is 5.69 Å². The molecule has 1 amide bonds. The Hall–Kier alpha value is -4.85. The summed E-state index contributed by atoms with van der Waals surface area (Å²) in [5, 5.41) is 26.3. The molecule has 14 heteroatoms. The fourth-order valence-electron chi connectivity index (χ4n) is 3.13. The molecule has 0 heterocycles. The third kappa shape index (κ3) is 5.79. The first-order valence-electron chi connectivity index (χ1n) is 10.1. The van der Waals surface area contributed by atoms with Gasteiger partial charge in [-0.3, -0.25) is 29.3 Å². The van der Waals surface area contributed by atoms with Crippen molar-refractivity contribution in [3.05, 3.63) is 98.6 Å². The number of nitro benzene ring substituents is 2. The molecule has 0 aliphatic carbocycles. The van der Waals surface area contributed by atoms with Crippen LogP contribution in [0.2, 0.25) is 0 Å². The number of amides is 1. The number of hydrogen-bond donors (Lipinski definition) is 1. The van der Waals surface area contributed by atoms with Crippen molar-refractivity contribution in [2.75, 3.05) is 18.0 Å². The topological polar surface area (TPSA) is 174 Å². The number of nitro groups is 2. The van der Waals surface area contributed by atoms with Gasteiger partial charge in [-0.1, -0.05) is 30.3 Å². The molecule has 0 radical (unpaired) electrons. The molecule has 0 saturated heterocycles. The number of nitrogens with zero attached hydrogens (tertiary/aromatic N) is 4. The molecule has 0 saturated carbocycles. The van der Waals surface area contributed by atoms with Crippen LogP contribution in [0.15, 0.2) is 82.8 Å². The van der Waals surface area contributed by atoms with E-state index in [1.165, 1.54) is 49.6 Å². The summed E-state index contributed by atoms with van der Waals surface area (Å²) in [7, 11) is -3.25. The zero-order valence-electron chi connectivity index (χ0n) is 18.7. The minimum Gasteiger partial charge on any atom is -0.490 e. The van der Waals surface area contributed by atoms with Crippen LogP contribution in [0.1, 0.15) is 5.56 Å². The van der Waals surface area contributed by atoms with Crippen molar-refractivity contribution in [2.24, 2.45) is 5.10 Å². The standard InChI is InChI=1S/C22H19N5O8S/c1-35-20-12-11-16(13-19(20)27(31)32)14-23-24-22(28)15-25(17-7-3-2-4-8-17)36(33,34)21-10-6-5-9-18(21)26(29)30/h2-14H,15H2,1H3,(H,24,28)/b23-14-. The number of carbonyl (C=O) groups excluding carboxylic acids is 1. The number of nitrogens with one attached hydrogen (secondary N) is 1. The molecule has 0 fully saturated rings. The largest absolute Gasteiger partial charge is 0.490 e. The maximum atomic E-state index is 13.4. The molecule has 0 bridgehead atoms. The second-order valence-corrected chi connectivity index (χ2v) is 8.88. The molecule has 0 spiro atoms. The zero-order chi connectivity index (χ0) is 26.3. The van der Waals surface area contributed by atoms with Crippen molar-refractivity contribution in [2.45, 2.75) is 4.90 Å². The fourth-order valence-corrected chi connectivity index (χ4v) is 4.71. The second kappa shape index (κ2) is 11.1. The Morgan fingerprint density at radius 3 is 2.28 bits per heavy atom. The first kappa shape index (κ1) is 25.8. The first-order valence-corrected chi connectivity index (χ1v) is 11.5. The Morgan fingerprint density at radius 1 is 1.00 bits per heavy atom. The molecule has 3 aromatic carbocycles. The van der Waals surface area contributed by atoms with Gasteiger partial charge in [-0.05, 0) is 30.3 Å². The number of anilines is 1. The Balaban J connectivity index is 1.86. The van der Waals surface area contributed by atoms with Crippen molar-refractivity contribution in [1.82, 2.24) is 5.43 Å². The van der Waals surface area contributed by atoms with Crippen LogP contribution in [0.4, 0.5) is 17.1 Å². The van der Waals surface area contributed by atoms with Gasteiger partial charge in [0, 0.05) is 17.7 Å². The zero-order valence-corrected chi connectivity index (χ0v) is 19.5. The summed E-state index contributed by atoms with van der Waals surface area (Å²) >= 11 is 0. The van der Waals surface area contributed by atoms with Gasteiger partial charge in [-0.25, -0.2) is 13.8 Å². The Bertz CT molecular complexity index is 1430. The highest BCUT2D eigenvalue weighted by Crippen LogP contribution is 2.30. The minimum absolute atomic E-state index is 0.0416. The highest BCUT2D eigenvalue weighted by molar-refractivity contribution is 7.93. The summed E-state index contributed by atoms with van der Waals surface area (Å²) < 4.78 is 32.4. The van der Waals surface area contributed by atoms with Crippen LogP contribution in [0.25, 0.3) is 0 Å². The molecule has 0 aliphatic rings. The lowest BCUT2D eigenvalue weighted by Gasteiger charge is -2.23. The predicted octanol–water partition coefficient (Wildman–Crippen LogP) is 2.86. The predicted molar refractivity (Wildman–Crippen MR) is 129 cm³/mol. The smallest absolute Gasteiger partial charge is 0.311 e. The lowest BCUT2D eigenvalue weighted by atomic mass is 10.2. The molecule has 0 aliphatic heterocycles. The van der Waals surface area contributed by atoms with Crippen molar-refractivity contribution in [1.29, 1.82) is 0 Å². The maximum Gasteiger partial charge on any atom is 0.311 e. The van der Waals surface area contributed by atoms with Crippen LogP contribution < -0.4 is 14.5 Å². The van der Waals surface area contributed by atoms with E-state index < -0.39 is 42.9 Å². The van der Waals surface area contributed by atoms with E-state index in [1.54, 1.807) is 18.2 Å². The van der Waals surface area contributed by atoms with Crippen LogP contribution in [-0.4, -0.2) is 44.0 Å². The van der Waals surface area contributed by atoms with Crippen LogP contribution in [0, 0.1) is 20.2 Å². The molecule has 0 unspecified atom stereocenters. The van der Waals surface area contributed by atoms with E-state index in [0.29, 0.717) is 0 Å². The van der Waals surface area contributed by atoms with Crippen LogP contribution >= 0.6 is 0 Å². The Labute approximate surface area is 205 Å². The minimum atomic E-state index is -4.53. The number of benzene rings is 3. The normalized spacial score (nSPS) is 11.1. The van der Waals surface area contributed by atoms with Crippen LogP contribution in [0.3, 0.4) is 0 Å². The lowest BCUT2D eigenvalue weighted by Crippen LogP contribution is -2.39. The number of para-hydroxylation sites is 2. The molecule has 186 valence electrons. The monoisotopic (exact) mass is 513 g/mol. The molecular weight excluding hydrogens is 494 g/mol. The Morgan fingerprint density at radius 2 is 1.64 bits per heavy atom. The molecule has 0 aromatic heterocycles. The summed E-state index contributed by atoms with van der Waals surface area (Å²) in [4.78, 5) is 33.1. The van der Waals surface area contributed by atoms with E-state index in [0.717, 1.165) is 22.7 Å². The molecule has 36 heavy (non-hydrogen) atoms. The van der Waals surface area contributed by atoms with Crippen molar-refractivity contribution in [3.63, 3.8) is 0 Å². The van der Waals surface area contributed by atoms with Gasteiger partial charge in [0.2, 0.25) is 0 Å². The molecule has 3 rings (SSSR count). The van der Waals surface area contributed by atoms with E-state index in [2.05, 4.69) is 10.5 Å². The SMILES string of the molecule is COc1ccc(/C=N\NC(=O)CN(c2ccccc2)S(=O)(=O)c2ccccc2[N+](=O)[O-])cc1[N+](=O)[O-]. The van der Waals surface area contributed by atoms with Crippen LogP contribution in [0.5, 0.6) is 5.75 Å². The van der Waals surface area contributed by atoms with Gasteiger partial charge in [-0.2, -0.15) is 5.10 Å². The third-order valence-corrected chi connectivity index (χ3v) is 6.59. The van der Waals surface area contributed by atoms with Crippen molar-refractivity contribution in [3.8, 4) is 5.75 Å². The summed E-state index contributed by atoms with van der Waals surface area (Å²) in [6, 6.07) is 16.4. The average Bonchev–Trinajstić information content (AvgIpc) is 2.87. The van der Waals surface area contributed by atoms with E-state index >= 15 is 0 Å². The fraction of sp³-hybridized carbons (Fsp3) is 0.0909. The first-order chi connectivity index (χ1) is 17.1. The molecule has 3 aromatic rings. The maximum absolute atomic E-state index is 13.4. The van der Waals surface area contributed by atoms with Crippen LogP contribution in [-0.2, 0) is 14.8 Å². The Kier molecular flexibility index (Phi) is 7.91. The quantitative estimate of drug-likeness (QED) is 0.244. The number of sulfonamides is 1. The van der Waals surface area contributed by atoms with Gasteiger partial charge in [0.05, 0.1) is 28.9 Å². The number of ether oxygens (including phenoxy) is 1. The van der Waals surface area contributed by atoms with Crippen molar-refractivity contribution < 1.29 is 27.8 Å². The number of rotatable bonds is 10. The van der Waals surface area contributed by atoms with Gasteiger partial charge in [0.15, 0.2) is 10.6 Å². The van der Waals surface area contributed by atoms with Gasteiger partial charge in [-0.15, -0.1) is 0 Å². The molecule has 0 atom stereocenters. The summed E-state index contributed by atoms with van der Waals surface area (Å²) in [5.41, 5.74) is 1.58. The van der Waals surface area contributed by atoms with Crippen molar-refractivity contribution >= 4 is 39.2 Å². The molecule has 13 nitrogen and oxygen atoms in total. The number of methoxy groups -OCH3 is 1. The number of hydrogen-bond acceptors (Lipinski definition) is 9. The summed E-state index contributed by atoms with van der Waals surface area (Å²) in [6.45, 7) is -0.751. The second-order valence-electron chi connectivity index (χ2n) is 7.05. The third-order valence-electron chi connectivity index (χ3n) is 4.76. The van der Waals surface area contributed by atoms with E-state index in [9.17, 15) is 33.4 Å². The molecular formula is C22H19N5O8S. The average molecular weight is 513 g/mol.